The summed E-state index contributed by atoms with van der Waals surface area (Å²) in [6, 6.07) is 15.9. The third-order valence-electron chi connectivity index (χ3n) is 6.13. The summed E-state index contributed by atoms with van der Waals surface area (Å²) >= 11 is 0. The standard InChI is InChI=1S/C25H33N3O2.2ClH/c1-25(2,3)16-28-18-10-11-19(28)15-21(14-18)30-20-12-8-17(9-13-20)24(29)27-23-7-5-4-6-22(23)26;;/h4-9,12-13,18-19,21H,10-11,14-16,26H2,1-3H3,(H,27,29);2*1H. The van der Waals surface area contributed by atoms with E-state index in [1.807, 2.05) is 36.4 Å². The van der Waals surface area contributed by atoms with Gasteiger partial charge in [0.05, 0.1) is 11.4 Å². The number of piperidine rings is 1. The number of rotatable bonds is 5. The molecule has 2 fully saturated rings. The molecule has 0 spiro atoms. The zero-order chi connectivity index (χ0) is 21.3. The van der Waals surface area contributed by atoms with Gasteiger partial charge in [-0.2, -0.15) is 0 Å². The van der Waals surface area contributed by atoms with E-state index in [-0.39, 0.29) is 36.8 Å². The summed E-state index contributed by atoms with van der Waals surface area (Å²) in [5.41, 5.74) is 8.00. The lowest BCUT2D eigenvalue weighted by Gasteiger charge is -2.41. The molecule has 5 nitrogen and oxygen atoms in total. The zero-order valence-electron chi connectivity index (χ0n) is 19.0. The number of nitrogen functional groups attached to an aromatic ring is 1. The van der Waals surface area contributed by atoms with E-state index >= 15 is 0 Å². The van der Waals surface area contributed by atoms with E-state index in [1.165, 1.54) is 12.8 Å². The Kier molecular flexibility index (Phi) is 8.86. The third kappa shape index (κ3) is 6.31. The highest BCUT2D eigenvalue weighted by molar-refractivity contribution is 6.05. The van der Waals surface area contributed by atoms with Crippen molar-refractivity contribution >= 4 is 42.1 Å². The molecule has 2 aromatic carbocycles. The van der Waals surface area contributed by atoms with Crippen molar-refractivity contribution in [2.45, 2.75) is 64.6 Å². The van der Waals surface area contributed by atoms with E-state index in [0.29, 0.717) is 34.4 Å². The molecular formula is C25H35Cl2N3O2. The fourth-order valence-electron chi connectivity index (χ4n) is 4.81. The van der Waals surface area contributed by atoms with E-state index < -0.39 is 0 Å². The SMILES string of the molecule is CC(C)(C)CN1C2CCC1CC(Oc1ccc(C(=O)Nc3ccccc3N)cc1)C2.Cl.Cl. The van der Waals surface area contributed by atoms with Gasteiger partial charge in [-0.3, -0.25) is 9.69 Å². The van der Waals surface area contributed by atoms with Crippen LogP contribution in [0.15, 0.2) is 48.5 Å². The van der Waals surface area contributed by atoms with Crippen LogP contribution in [0.5, 0.6) is 5.75 Å². The number of hydrogen-bond donors (Lipinski definition) is 2. The van der Waals surface area contributed by atoms with Crippen LogP contribution in [0.25, 0.3) is 0 Å². The zero-order valence-corrected chi connectivity index (χ0v) is 20.7. The molecular weight excluding hydrogens is 445 g/mol. The number of hydrogen-bond acceptors (Lipinski definition) is 4. The number of ether oxygens (including phenoxy) is 1. The van der Waals surface area contributed by atoms with Gasteiger partial charge in [0.25, 0.3) is 5.91 Å². The molecule has 0 radical (unpaired) electrons. The topological polar surface area (TPSA) is 67.6 Å². The number of amides is 1. The number of carbonyl (C=O) groups is 1. The van der Waals surface area contributed by atoms with Crippen LogP contribution >= 0.6 is 24.8 Å². The molecule has 3 N–H and O–H groups in total. The monoisotopic (exact) mass is 479 g/mol. The normalized spacial score (nSPS) is 22.4. The van der Waals surface area contributed by atoms with Crippen molar-refractivity contribution in [3.05, 3.63) is 54.1 Å². The molecule has 176 valence electrons. The first-order valence-electron chi connectivity index (χ1n) is 11.0. The number of nitrogens with two attached hydrogens (primary N) is 1. The van der Waals surface area contributed by atoms with Crippen LogP contribution in [0.1, 0.15) is 56.8 Å². The predicted octanol–water partition coefficient (Wildman–Crippen LogP) is 5.79. The lowest BCUT2D eigenvalue weighted by atomic mass is 9.91. The highest BCUT2D eigenvalue weighted by Gasteiger charge is 2.42. The van der Waals surface area contributed by atoms with Crippen molar-refractivity contribution in [2.24, 2.45) is 5.41 Å². The molecule has 7 heteroatoms. The van der Waals surface area contributed by atoms with E-state index in [0.717, 1.165) is 25.1 Å². The molecule has 0 aliphatic carbocycles. The van der Waals surface area contributed by atoms with E-state index in [2.05, 4.69) is 31.0 Å². The molecule has 0 aromatic heterocycles. The average Bonchev–Trinajstić information content (AvgIpc) is 2.91. The lowest BCUT2D eigenvalue weighted by molar-refractivity contribution is 0.0299. The fourth-order valence-corrected chi connectivity index (χ4v) is 4.81. The Hall–Kier alpha value is -1.95. The van der Waals surface area contributed by atoms with Gasteiger partial charge < -0.3 is 15.8 Å². The molecule has 4 rings (SSSR count). The summed E-state index contributed by atoms with van der Waals surface area (Å²) in [6.45, 7) is 8.11. The average molecular weight is 480 g/mol. The summed E-state index contributed by atoms with van der Waals surface area (Å²) in [5.74, 6) is 0.660. The number of para-hydroxylation sites is 2. The minimum absolute atomic E-state index is 0. The van der Waals surface area contributed by atoms with Crippen LogP contribution in [0.3, 0.4) is 0 Å². The number of nitrogens with one attached hydrogen (secondary N) is 1. The maximum Gasteiger partial charge on any atom is 0.255 e. The van der Waals surface area contributed by atoms with Crippen LogP contribution in [0.2, 0.25) is 0 Å². The van der Waals surface area contributed by atoms with Crippen LogP contribution in [-0.4, -0.2) is 35.5 Å². The second-order valence-electron chi connectivity index (χ2n) is 9.90. The van der Waals surface area contributed by atoms with E-state index in [1.54, 1.807) is 12.1 Å². The second-order valence-corrected chi connectivity index (χ2v) is 9.90. The molecule has 2 saturated heterocycles. The Balaban J connectivity index is 0.00000181. The van der Waals surface area contributed by atoms with Gasteiger partial charge in [-0.15, -0.1) is 24.8 Å². The maximum absolute atomic E-state index is 12.5. The first kappa shape index (κ1) is 26.3. The van der Waals surface area contributed by atoms with Crippen molar-refractivity contribution in [2.75, 3.05) is 17.6 Å². The Bertz CT molecular complexity index is 885. The number of nitrogens with zero attached hydrogens (tertiary/aromatic N) is 1. The lowest BCUT2D eigenvalue weighted by Crippen LogP contribution is -2.49. The van der Waals surface area contributed by atoms with Crippen molar-refractivity contribution < 1.29 is 9.53 Å². The molecule has 1 amide bonds. The molecule has 2 unspecified atom stereocenters. The van der Waals surface area contributed by atoms with E-state index in [9.17, 15) is 4.79 Å². The van der Waals surface area contributed by atoms with Gasteiger partial charge >= 0.3 is 0 Å². The van der Waals surface area contributed by atoms with Crippen molar-refractivity contribution in [3.63, 3.8) is 0 Å². The van der Waals surface area contributed by atoms with Crippen LogP contribution in [-0.2, 0) is 0 Å². The second kappa shape index (κ2) is 10.8. The Morgan fingerprint density at radius 3 is 2.19 bits per heavy atom. The number of halogens is 2. The highest BCUT2D eigenvalue weighted by atomic mass is 35.5. The molecule has 0 saturated carbocycles. The summed E-state index contributed by atoms with van der Waals surface area (Å²) in [7, 11) is 0. The van der Waals surface area contributed by atoms with Gasteiger partial charge in [0.2, 0.25) is 0 Å². The minimum Gasteiger partial charge on any atom is -0.490 e. The van der Waals surface area contributed by atoms with Crippen molar-refractivity contribution in [1.29, 1.82) is 0 Å². The molecule has 2 aliphatic heterocycles. The van der Waals surface area contributed by atoms with Gasteiger partial charge in [0.1, 0.15) is 11.9 Å². The van der Waals surface area contributed by atoms with Crippen LogP contribution in [0, 0.1) is 5.41 Å². The third-order valence-corrected chi connectivity index (χ3v) is 6.13. The van der Waals surface area contributed by atoms with Gasteiger partial charge in [0, 0.05) is 24.2 Å². The number of fused-ring (bicyclic) bond motifs is 2. The van der Waals surface area contributed by atoms with Crippen molar-refractivity contribution in [1.82, 2.24) is 4.90 Å². The Labute approximate surface area is 203 Å². The minimum atomic E-state index is -0.173. The summed E-state index contributed by atoms with van der Waals surface area (Å²) in [5, 5.41) is 2.86. The summed E-state index contributed by atoms with van der Waals surface area (Å²) < 4.78 is 6.31. The van der Waals surface area contributed by atoms with Crippen LogP contribution < -0.4 is 15.8 Å². The molecule has 2 atom stereocenters. The first-order valence-corrected chi connectivity index (χ1v) is 11.0. The van der Waals surface area contributed by atoms with Gasteiger partial charge in [-0.25, -0.2) is 0 Å². The fraction of sp³-hybridized carbons (Fsp3) is 0.480. The van der Waals surface area contributed by atoms with Gasteiger partial charge in [-0.1, -0.05) is 32.9 Å². The molecule has 2 heterocycles. The molecule has 2 bridgehead atoms. The van der Waals surface area contributed by atoms with Gasteiger partial charge in [0.15, 0.2) is 0 Å². The predicted molar refractivity (Wildman–Crippen MR) is 136 cm³/mol. The Morgan fingerprint density at radius 2 is 1.62 bits per heavy atom. The smallest absolute Gasteiger partial charge is 0.255 e. The highest BCUT2D eigenvalue weighted by Crippen LogP contribution is 2.39. The molecule has 2 aliphatic rings. The number of carbonyl (C=O) groups excluding carboxylic acids is 1. The maximum atomic E-state index is 12.5. The van der Waals surface area contributed by atoms with Gasteiger partial charge in [-0.05, 0) is 67.5 Å². The summed E-state index contributed by atoms with van der Waals surface area (Å²) in [6.07, 6.45) is 4.98. The molecule has 2 aromatic rings. The van der Waals surface area contributed by atoms with Crippen LogP contribution in [0.4, 0.5) is 11.4 Å². The quantitative estimate of drug-likeness (QED) is 0.532. The molecule has 32 heavy (non-hydrogen) atoms. The van der Waals surface area contributed by atoms with E-state index in [4.69, 9.17) is 10.5 Å². The summed E-state index contributed by atoms with van der Waals surface area (Å²) in [4.78, 5) is 15.2. The number of anilines is 2. The van der Waals surface area contributed by atoms with Crippen molar-refractivity contribution in [3.8, 4) is 5.75 Å². The first-order chi connectivity index (χ1) is 14.3. The largest absolute Gasteiger partial charge is 0.490 e. The number of benzene rings is 2. The Morgan fingerprint density at radius 1 is 1.03 bits per heavy atom.